The molecule has 1 aliphatic heterocycles. The summed E-state index contributed by atoms with van der Waals surface area (Å²) < 4.78 is 69.4. The molecular formula is C22H18F5N7O. The molecule has 0 unspecified atom stereocenters. The van der Waals surface area contributed by atoms with Gasteiger partial charge in [0.1, 0.15) is 5.82 Å². The summed E-state index contributed by atoms with van der Waals surface area (Å²) >= 11 is 0. The van der Waals surface area contributed by atoms with Crippen LogP contribution in [-0.4, -0.2) is 54.8 Å². The average molecular weight is 491 g/mol. The van der Waals surface area contributed by atoms with E-state index in [1.807, 2.05) is 0 Å². The molecule has 13 heteroatoms. The number of rotatable bonds is 5. The summed E-state index contributed by atoms with van der Waals surface area (Å²) in [5.74, 6) is -6.09. The van der Waals surface area contributed by atoms with Crippen LogP contribution in [0.3, 0.4) is 0 Å². The molecule has 1 aliphatic rings. The molecule has 4 heterocycles. The first-order valence-corrected chi connectivity index (χ1v) is 10.6. The second-order valence-electron chi connectivity index (χ2n) is 8.27. The Morgan fingerprint density at radius 3 is 2.57 bits per heavy atom. The van der Waals surface area contributed by atoms with E-state index in [0.29, 0.717) is 5.52 Å². The predicted octanol–water partition coefficient (Wildman–Crippen LogP) is 4.04. The zero-order valence-electron chi connectivity index (χ0n) is 18.0. The van der Waals surface area contributed by atoms with Gasteiger partial charge in [-0.1, -0.05) is 5.21 Å². The number of anilines is 1. The van der Waals surface area contributed by atoms with Gasteiger partial charge in [-0.25, -0.2) is 26.6 Å². The fraction of sp³-hybridized carbons (Fsp3) is 0.273. The molecule has 0 bridgehead atoms. The van der Waals surface area contributed by atoms with Gasteiger partial charge >= 0.3 is 0 Å². The van der Waals surface area contributed by atoms with Crippen molar-refractivity contribution >= 4 is 22.5 Å². The topological polar surface area (TPSA) is 91.7 Å². The lowest BCUT2D eigenvalue weighted by Gasteiger charge is -2.31. The number of aromatic nitrogens is 5. The lowest BCUT2D eigenvalue weighted by atomic mass is 10.1. The van der Waals surface area contributed by atoms with Crippen molar-refractivity contribution in [1.29, 1.82) is 0 Å². The van der Waals surface area contributed by atoms with E-state index in [-0.39, 0.29) is 60.6 Å². The summed E-state index contributed by atoms with van der Waals surface area (Å²) in [6, 6.07) is 3.09. The number of H-pyrrole nitrogens is 1. The van der Waals surface area contributed by atoms with Gasteiger partial charge < -0.3 is 10.3 Å². The molecule has 182 valence electrons. The van der Waals surface area contributed by atoms with Crippen LogP contribution < -0.4 is 5.32 Å². The number of aromatic amines is 1. The van der Waals surface area contributed by atoms with Gasteiger partial charge in [0.15, 0.2) is 17.3 Å². The number of benzene rings is 1. The van der Waals surface area contributed by atoms with Crippen LogP contribution in [0.4, 0.5) is 27.6 Å². The summed E-state index contributed by atoms with van der Waals surface area (Å²) in [7, 11) is 0. The van der Waals surface area contributed by atoms with E-state index in [4.69, 9.17) is 0 Å². The minimum atomic E-state index is -2.69. The molecule has 35 heavy (non-hydrogen) atoms. The molecule has 2 N–H and O–H groups in total. The Morgan fingerprint density at radius 2 is 1.83 bits per heavy atom. The Bertz CT molecular complexity index is 1410. The SMILES string of the molecule is O=C(Nc1c[nH]c2cc(F)c(F)cc12)c1cn(-c2cnc(CN3CCC(F)(F)CC3)c(F)c2)nn1. The van der Waals surface area contributed by atoms with E-state index < -0.39 is 29.3 Å². The van der Waals surface area contributed by atoms with Crippen molar-refractivity contribution in [2.24, 2.45) is 0 Å². The third-order valence-electron chi connectivity index (χ3n) is 5.83. The normalized spacial score (nSPS) is 16.0. The van der Waals surface area contributed by atoms with Crippen LogP contribution in [0.25, 0.3) is 16.6 Å². The number of fused-ring (bicyclic) bond motifs is 1. The highest BCUT2D eigenvalue weighted by Gasteiger charge is 2.34. The number of hydrogen-bond acceptors (Lipinski definition) is 5. The van der Waals surface area contributed by atoms with Gasteiger partial charge in [-0.15, -0.1) is 5.10 Å². The number of hydrogen-bond donors (Lipinski definition) is 2. The third kappa shape index (κ3) is 4.71. The first-order chi connectivity index (χ1) is 16.7. The largest absolute Gasteiger partial charge is 0.359 e. The molecule has 3 aromatic heterocycles. The molecule has 0 spiro atoms. The van der Waals surface area contributed by atoms with Gasteiger partial charge in [-0.3, -0.25) is 14.7 Å². The van der Waals surface area contributed by atoms with Crippen molar-refractivity contribution in [3.05, 3.63) is 65.6 Å². The van der Waals surface area contributed by atoms with Crippen LogP contribution in [0, 0.1) is 17.5 Å². The summed E-state index contributed by atoms with van der Waals surface area (Å²) in [4.78, 5) is 21.1. The van der Waals surface area contributed by atoms with E-state index in [0.717, 1.165) is 22.9 Å². The number of carbonyl (C=O) groups is 1. The van der Waals surface area contributed by atoms with Crippen LogP contribution in [0.2, 0.25) is 0 Å². The smallest absolute Gasteiger partial charge is 0.277 e. The molecule has 0 aliphatic carbocycles. The maximum atomic E-state index is 14.6. The number of alkyl halides is 2. The fourth-order valence-corrected chi connectivity index (χ4v) is 3.85. The minimum absolute atomic E-state index is 0.0995. The van der Waals surface area contributed by atoms with Crippen LogP contribution >= 0.6 is 0 Å². The van der Waals surface area contributed by atoms with Crippen molar-refractivity contribution in [2.75, 3.05) is 18.4 Å². The van der Waals surface area contributed by atoms with Gasteiger partial charge in [-0.05, 0) is 6.07 Å². The van der Waals surface area contributed by atoms with Gasteiger partial charge in [0.25, 0.3) is 11.8 Å². The number of nitrogens with zero attached hydrogens (tertiary/aromatic N) is 5. The van der Waals surface area contributed by atoms with Crippen LogP contribution in [-0.2, 0) is 6.54 Å². The van der Waals surface area contributed by atoms with Crippen molar-refractivity contribution in [1.82, 2.24) is 29.9 Å². The Hall–Kier alpha value is -3.87. The summed E-state index contributed by atoms with van der Waals surface area (Å²) in [6.45, 7) is 0.396. The maximum absolute atomic E-state index is 14.6. The highest BCUT2D eigenvalue weighted by molar-refractivity contribution is 6.07. The summed E-state index contributed by atoms with van der Waals surface area (Å²) in [5, 5.41) is 10.4. The Labute approximate surface area is 194 Å². The van der Waals surface area contributed by atoms with Crippen molar-refractivity contribution in [3.8, 4) is 5.69 Å². The lowest BCUT2D eigenvalue weighted by Crippen LogP contribution is -2.39. The molecule has 1 saturated heterocycles. The van der Waals surface area contributed by atoms with Crippen molar-refractivity contribution < 1.29 is 26.7 Å². The van der Waals surface area contributed by atoms with E-state index in [9.17, 15) is 26.7 Å². The van der Waals surface area contributed by atoms with E-state index in [1.54, 1.807) is 4.90 Å². The number of amides is 1. The molecule has 0 atom stereocenters. The first kappa shape index (κ1) is 22.9. The zero-order valence-corrected chi connectivity index (χ0v) is 18.0. The van der Waals surface area contributed by atoms with Crippen LogP contribution in [0.5, 0.6) is 0 Å². The molecule has 0 radical (unpaired) electrons. The second kappa shape index (κ2) is 8.73. The molecule has 1 amide bonds. The van der Waals surface area contributed by atoms with Gasteiger partial charge in [0.2, 0.25) is 0 Å². The highest BCUT2D eigenvalue weighted by atomic mass is 19.3. The van der Waals surface area contributed by atoms with Gasteiger partial charge in [0.05, 0.1) is 35.0 Å². The number of pyridine rings is 1. The molecule has 5 rings (SSSR count). The third-order valence-corrected chi connectivity index (χ3v) is 5.83. The van der Waals surface area contributed by atoms with Crippen molar-refractivity contribution in [2.45, 2.75) is 25.3 Å². The van der Waals surface area contributed by atoms with Gasteiger partial charge in [-0.2, -0.15) is 0 Å². The number of nitrogens with one attached hydrogen (secondary N) is 2. The molecule has 1 fully saturated rings. The van der Waals surface area contributed by atoms with Crippen LogP contribution in [0.15, 0.2) is 36.8 Å². The molecule has 4 aromatic rings. The Kier molecular flexibility index (Phi) is 5.71. The molecular weight excluding hydrogens is 473 g/mol. The van der Waals surface area contributed by atoms with E-state index >= 15 is 0 Å². The summed E-state index contributed by atoms with van der Waals surface area (Å²) in [5.41, 5.74) is 0.710. The zero-order chi connectivity index (χ0) is 24.7. The number of piperidine rings is 1. The minimum Gasteiger partial charge on any atom is -0.359 e. The molecule has 0 saturated carbocycles. The van der Waals surface area contributed by atoms with Crippen LogP contribution in [0.1, 0.15) is 29.0 Å². The molecule has 1 aromatic carbocycles. The Morgan fingerprint density at radius 1 is 1.09 bits per heavy atom. The quantitative estimate of drug-likeness (QED) is 0.411. The standard InChI is InChI=1S/C22H18F5N7O/c23-14-6-13-17(7-15(14)24)29-9-18(13)30-21(35)20-11-34(32-31-20)12-5-16(25)19(28-8-12)10-33-3-1-22(26,27)2-4-33/h5-9,11,29H,1-4,10H2,(H,30,35). The first-order valence-electron chi connectivity index (χ1n) is 10.6. The predicted molar refractivity (Wildman–Crippen MR) is 115 cm³/mol. The lowest BCUT2D eigenvalue weighted by molar-refractivity contribution is -0.0569. The Balaban J connectivity index is 1.28. The van der Waals surface area contributed by atoms with E-state index in [2.05, 4.69) is 25.6 Å². The average Bonchev–Trinajstić information content (AvgIpc) is 3.45. The van der Waals surface area contributed by atoms with Gasteiger partial charge in [0, 0.05) is 56.2 Å². The fourth-order valence-electron chi connectivity index (χ4n) is 3.85. The number of halogens is 5. The maximum Gasteiger partial charge on any atom is 0.277 e. The molecule has 8 nitrogen and oxygen atoms in total. The number of likely N-dealkylation sites (tertiary alicyclic amines) is 1. The number of carbonyl (C=O) groups excluding carboxylic acids is 1. The summed E-state index contributed by atoms with van der Waals surface area (Å²) in [6.07, 6.45) is 3.42. The van der Waals surface area contributed by atoms with E-state index in [1.165, 1.54) is 18.6 Å². The highest BCUT2D eigenvalue weighted by Crippen LogP contribution is 2.29. The monoisotopic (exact) mass is 491 g/mol. The van der Waals surface area contributed by atoms with Crippen molar-refractivity contribution in [3.63, 3.8) is 0 Å². The second-order valence-corrected chi connectivity index (χ2v) is 8.27.